The number of hydrogen-bond acceptors (Lipinski definition) is 4. The lowest BCUT2D eigenvalue weighted by molar-refractivity contribution is -0.144. The van der Waals surface area contributed by atoms with Gasteiger partial charge in [-0.2, -0.15) is 5.26 Å². The Balaban J connectivity index is 4.33. The molecule has 0 fully saturated rings. The molecule has 0 radical (unpaired) electrons. The van der Waals surface area contributed by atoms with Crippen molar-refractivity contribution in [2.24, 2.45) is 5.41 Å². The molecular weight excluding hydrogens is 220 g/mol. The van der Waals surface area contributed by atoms with E-state index in [0.29, 0.717) is 13.0 Å². The zero-order valence-electron chi connectivity index (χ0n) is 10.9. The summed E-state index contributed by atoms with van der Waals surface area (Å²) in [4.78, 5) is 24.5. The fraction of sp³-hybridized carbons (Fsp3) is 0.750. The molecule has 0 saturated carbocycles. The molecule has 0 aromatic rings. The van der Waals surface area contributed by atoms with E-state index in [4.69, 9.17) is 10.00 Å². The minimum absolute atomic E-state index is 0.154. The molecule has 0 bridgehead atoms. The van der Waals surface area contributed by atoms with Crippen LogP contribution in [0.4, 0.5) is 0 Å². The normalized spacial score (nSPS) is 13.4. The van der Waals surface area contributed by atoms with Crippen molar-refractivity contribution in [1.82, 2.24) is 4.90 Å². The molecule has 0 aliphatic heterocycles. The van der Waals surface area contributed by atoms with E-state index in [1.807, 2.05) is 6.07 Å². The van der Waals surface area contributed by atoms with Gasteiger partial charge in [0.05, 0.1) is 19.1 Å². The Labute approximate surface area is 102 Å². The maximum atomic E-state index is 11.9. The first-order valence-corrected chi connectivity index (χ1v) is 5.73. The Morgan fingerprint density at radius 2 is 2.00 bits per heavy atom. The molecule has 1 unspecified atom stereocenters. The monoisotopic (exact) mass is 240 g/mol. The molecule has 5 nitrogen and oxygen atoms in total. The van der Waals surface area contributed by atoms with Gasteiger partial charge in [-0.25, -0.2) is 0 Å². The highest BCUT2D eigenvalue weighted by atomic mass is 16.5. The number of amides is 1. The quantitative estimate of drug-likeness (QED) is 0.657. The standard InChI is InChI=1S/C12H20N2O3/c1-5-12(3,9-13)11(16)14(4)8-7-10(15)17-6-2/h5-8H2,1-4H3. The molecule has 1 atom stereocenters. The summed E-state index contributed by atoms with van der Waals surface area (Å²) in [5, 5.41) is 8.98. The summed E-state index contributed by atoms with van der Waals surface area (Å²) in [5.41, 5.74) is -1.01. The van der Waals surface area contributed by atoms with Gasteiger partial charge in [-0.05, 0) is 20.3 Å². The molecule has 0 aliphatic carbocycles. The molecular formula is C12H20N2O3. The molecule has 0 aliphatic rings. The third-order valence-corrected chi connectivity index (χ3v) is 2.73. The summed E-state index contributed by atoms with van der Waals surface area (Å²) in [6, 6.07) is 2.01. The summed E-state index contributed by atoms with van der Waals surface area (Å²) in [6.45, 7) is 5.74. The van der Waals surface area contributed by atoms with Crippen molar-refractivity contribution in [3.05, 3.63) is 0 Å². The number of carbonyl (C=O) groups is 2. The zero-order valence-corrected chi connectivity index (χ0v) is 10.9. The van der Waals surface area contributed by atoms with Crippen LogP contribution in [0.5, 0.6) is 0 Å². The van der Waals surface area contributed by atoms with E-state index in [9.17, 15) is 9.59 Å². The van der Waals surface area contributed by atoms with Gasteiger partial charge in [0.25, 0.3) is 0 Å². The Morgan fingerprint density at radius 1 is 1.41 bits per heavy atom. The highest BCUT2D eigenvalue weighted by molar-refractivity contribution is 5.85. The van der Waals surface area contributed by atoms with E-state index in [0.717, 1.165) is 0 Å². The molecule has 0 N–H and O–H groups in total. The summed E-state index contributed by atoms with van der Waals surface area (Å²) < 4.78 is 4.77. The summed E-state index contributed by atoms with van der Waals surface area (Å²) >= 11 is 0. The Kier molecular flexibility index (Phi) is 6.26. The van der Waals surface area contributed by atoms with Gasteiger partial charge in [0, 0.05) is 13.6 Å². The van der Waals surface area contributed by atoms with Crippen molar-refractivity contribution in [3.8, 4) is 6.07 Å². The lowest BCUT2D eigenvalue weighted by Crippen LogP contribution is -2.40. The van der Waals surface area contributed by atoms with Gasteiger partial charge in [0.2, 0.25) is 5.91 Å². The number of rotatable bonds is 6. The molecule has 0 rings (SSSR count). The number of ether oxygens (including phenoxy) is 1. The average molecular weight is 240 g/mol. The number of esters is 1. The van der Waals surface area contributed by atoms with Gasteiger partial charge in [0.1, 0.15) is 5.41 Å². The third kappa shape index (κ3) is 4.43. The van der Waals surface area contributed by atoms with Gasteiger partial charge in [0.15, 0.2) is 0 Å². The maximum absolute atomic E-state index is 11.9. The van der Waals surface area contributed by atoms with Crippen LogP contribution < -0.4 is 0 Å². The molecule has 96 valence electrons. The molecule has 0 spiro atoms. The highest BCUT2D eigenvalue weighted by Gasteiger charge is 2.33. The van der Waals surface area contributed by atoms with E-state index in [1.54, 1.807) is 27.8 Å². The Hall–Kier alpha value is -1.57. The summed E-state index contributed by atoms with van der Waals surface area (Å²) in [6.07, 6.45) is 0.605. The van der Waals surface area contributed by atoms with Crippen LogP contribution in [0.2, 0.25) is 0 Å². The van der Waals surface area contributed by atoms with E-state index >= 15 is 0 Å². The average Bonchev–Trinajstić information content (AvgIpc) is 2.34. The molecule has 0 aromatic heterocycles. The number of nitriles is 1. The van der Waals surface area contributed by atoms with Crippen LogP contribution in [0.25, 0.3) is 0 Å². The largest absolute Gasteiger partial charge is 0.466 e. The lowest BCUT2D eigenvalue weighted by atomic mass is 9.88. The Bertz CT molecular complexity index is 322. The van der Waals surface area contributed by atoms with Crippen LogP contribution >= 0.6 is 0 Å². The van der Waals surface area contributed by atoms with E-state index in [-0.39, 0.29) is 24.8 Å². The van der Waals surface area contributed by atoms with Crippen LogP contribution in [0.3, 0.4) is 0 Å². The molecule has 5 heteroatoms. The first kappa shape index (κ1) is 15.4. The predicted molar refractivity (Wildman–Crippen MR) is 62.9 cm³/mol. The van der Waals surface area contributed by atoms with Crippen LogP contribution in [-0.4, -0.2) is 37.0 Å². The smallest absolute Gasteiger partial charge is 0.307 e. The number of hydrogen-bond donors (Lipinski definition) is 0. The van der Waals surface area contributed by atoms with Crippen LogP contribution in [-0.2, 0) is 14.3 Å². The molecule has 17 heavy (non-hydrogen) atoms. The summed E-state index contributed by atoms with van der Waals surface area (Å²) in [7, 11) is 1.59. The fourth-order valence-electron chi connectivity index (χ4n) is 1.29. The first-order valence-electron chi connectivity index (χ1n) is 5.73. The van der Waals surface area contributed by atoms with Gasteiger partial charge in [-0.15, -0.1) is 0 Å². The second-order valence-electron chi connectivity index (χ2n) is 4.08. The molecule has 0 aromatic carbocycles. The zero-order chi connectivity index (χ0) is 13.5. The minimum Gasteiger partial charge on any atom is -0.466 e. The topological polar surface area (TPSA) is 70.4 Å². The molecule has 0 saturated heterocycles. The SMILES string of the molecule is CCOC(=O)CCN(C)C(=O)C(C)(C#N)CC. The van der Waals surface area contributed by atoms with Gasteiger partial charge >= 0.3 is 5.97 Å². The van der Waals surface area contributed by atoms with Crippen molar-refractivity contribution in [3.63, 3.8) is 0 Å². The first-order chi connectivity index (χ1) is 7.91. The predicted octanol–water partition coefficient (Wildman–Crippen LogP) is 1.34. The molecule has 1 amide bonds. The van der Waals surface area contributed by atoms with Crippen molar-refractivity contribution in [2.45, 2.75) is 33.6 Å². The second-order valence-corrected chi connectivity index (χ2v) is 4.08. The number of nitrogens with zero attached hydrogens (tertiary/aromatic N) is 2. The van der Waals surface area contributed by atoms with Crippen molar-refractivity contribution in [2.75, 3.05) is 20.2 Å². The maximum Gasteiger partial charge on any atom is 0.307 e. The Morgan fingerprint density at radius 3 is 2.41 bits per heavy atom. The van der Waals surface area contributed by atoms with E-state index < -0.39 is 5.41 Å². The van der Waals surface area contributed by atoms with Crippen LogP contribution in [0.1, 0.15) is 33.6 Å². The van der Waals surface area contributed by atoms with Crippen LogP contribution in [0, 0.1) is 16.7 Å². The summed E-state index contributed by atoms with van der Waals surface area (Å²) in [5.74, 6) is -0.589. The van der Waals surface area contributed by atoms with Gasteiger partial charge in [-0.3, -0.25) is 9.59 Å². The van der Waals surface area contributed by atoms with E-state index in [2.05, 4.69) is 0 Å². The third-order valence-electron chi connectivity index (χ3n) is 2.73. The number of carbonyl (C=O) groups excluding carboxylic acids is 2. The second kappa shape index (κ2) is 6.89. The lowest BCUT2D eigenvalue weighted by Gasteiger charge is -2.25. The van der Waals surface area contributed by atoms with E-state index in [1.165, 1.54) is 4.90 Å². The van der Waals surface area contributed by atoms with Crippen molar-refractivity contribution in [1.29, 1.82) is 5.26 Å². The fourth-order valence-corrected chi connectivity index (χ4v) is 1.29. The molecule has 0 heterocycles. The van der Waals surface area contributed by atoms with Crippen molar-refractivity contribution < 1.29 is 14.3 Å². The van der Waals surface area contributed by atoms with Crippen molar-refractivity contribution >= 4 is 11.9 Å². The van der Waals surface area contributed by atoms with Gasteiger partial charge in [-0.1, -0.05) is 6.92 Å². The van der Waals surface area contributed by atoms with Crippen LogP contribution in [0.15, 0.2) is 0 Å². The van der Waals surface area contributed by atoms with Gasteiger partial charge < -0.3 is 9.64 Å². The minimum atomic E-state index is -1.01. The highest BCUT2D eigenvalue weighted by Crippen LogP contribution is 2.22.